The summed E-state index contributed by atoms with van der Waals surface area (Å²) < 4.78 is 44.7. The van der Waals surface area contributed by atoms with Gasteiger partial charge in [0.25, 0.3) is 0 Å². The first-order valence-electron chi connectivity index (χ1n) is 7.23. The fourth-order valence-electron chi connectivity index (χ4n) is 2.23. The minimum Gasteiger partial charge on any atom is -0.496 e. The molecule has 0 aromatic heterocycles. The van der Waals surface area contributed by atoms with Crippen LogP contribution in [0.4, 0.5) is 18.9 Å². The summed E-state index contributed by atoms with van der Waals surface area (Å²) in [7, 11) is 1.53. The molecule has 128 valence electrons. The van der Waals surface area contributed by atoms with Crippen molar-refractivity contribution in [1.29, 1.82) is 0 Å². The lowest BCUT2D eigenvalue weighted by Crippen LogP contribution is -2.32. The third kappa shape index (κ3) is 3.98. The molecule has 0 bridgehead atoms. The molecule has 1 amide bonds. The average Bonchev–Trinajstić information content (AvgIpc) is 2.59. The van der Waals surface area contributed by atoms with Crippen molar-refractivity contribution >= 4 is 11.6 Å². The molecule has 0 spiro atoms. The van der Waals surface area contributed by atoms with Crippen LogP contribution >= 0.6 is 0 Å². The number of ether oxygens (including phenoxy) is 1. The Morgan fingerprint density at radius 1 is 1.12 bits per heavy atom. The number of anilines is 1. The number of nitrogens with one attached hydrogen (secondary N) is 2. The number of benzene rings is 2. The minimum absolute atomic E-state index is 0.283. The second kappa shape index (κ2) is 7.72. The number of carbonyl (C=O) groups excluding carboxylic acids is 1. The van der Waals surface area contributed by atoms with Gasteiger partial charge in [-0.2, -0.15) is 0 Å². The van der Waals surface area contributed by atoms with Gasteiger partial charge in [-0.3, -0.25) is 4.79 Å². The van der Waals surface area contributed by atoms with Gasteiger partial charge in [0.1, 0.15) is 5.75 Å². The number of para-hydroxylation sites is 1. The highest BCUT2D eigenvalue weighted by atomic mass is 19.2. The van der Waals surface area contributed by atoms with Crippen molar-refractivity contribution in [3.8, 4) is 5.75 Å². The van der Waals surface area contributed by atoms with Crippen LogP contribution in [0.2, 0.25) is 0 Å². The summed E-state index contributed by atoms with van der Waals surface area (Å²) in [6.07, 6.45) is 0. The normalized spacial score (nSPS) is 11.7. The lowest BCUT2D eigenvalue weighted by molar-refractivity contribution is -0.120. The molecule has 0 saturated carbocycles. The molecular weight excluding hydrogens is 321 g/mol. The van der Waals surface area contributed by atoms with Crippen LogP contribution in [0.1, 0.15) is 18.5 Å². The van der Waals surface area contributed by atoms with Gasteiger partial charge in [0.05, 0.1) is 25.4 Å². The van der Waals surface area contributed by atoms with Crippen LogP contribution in [0.25, 0.3) is 0 Å². The van der Waals surface area contributed by atoms with E-state index in [0.29, 0.717) is 5.75 Å². The van der Waals surface area contributed by atoms with E-state index in [2.05, 4.69) is 10.6 Å². The predicted octanol–water partition coefficient (Wildman–Crippen LogP) is 3.40. The fourth-order valence-corrected chi connectivity index (χ4v) is 2.23. The number of carbonyl (C=O) groups is 1. The molecular formula is C17H17F3N2O2. The van der Waals surface area contributed by atoms with Crippen molar-refractivity contribution in [1.82, 2.24) is 5.32 Å². The standard InChI is InChI=1S/C17H17F3N2O2/c1-10(11-5-3-4-6-14(11)24-2)22-15(23)9-21-13-8-7-12(18)16(19)17(13)20/h3-8,10,21H,9H2,1-2H3,(H,22,23). The second-order valence-corrected chi connectivity index (χ2v) is 5.11. The Labute approximate surface area is 137 Å². The maximum Gasteiger partial charge on any atom is 0.239 e. The molecule has 0 aliphatic carbocycles. The lowest BCUT2D eigenvalue weighted by Gasteiger charge is -2.17. The molecule has 0 aliphatic heterocycles. The van der Waals surface area contributed by atoms with Crippen molar-refractivity contribution in [2.75, 3.05) is 19.0 Å². The highest BCUT2D eigenvalue weighted by Gasteiger charge is 2.16. The Morgan fingerprint density at radius 2 is 1.83 bits per heavy atom. The number of hydrogen-bond acceptors (Lipinski definition) is 3. The monoisotopic (exact) mass is 338 g/mol. The molecule has 1 atom stereocenters. The summed E-state index contributed by atoms with van der Waals surface area (Å²) in [6.45, 7) is 1.48. The van der Waals surface area contributed by atoms with E-state index in [0.717, 1.165) is 17.7 Å². The van der Waals surface area contributed by atoms with E-state index in [1.165, 1.54) is 7.11 Å². The van der Waals surface area contributed by atoms with Crippen LogP contribution in [0, 0.1) is 17.5 Å². The summed E-state index contributed by atoms with van der Waals surface area (Å²) in [5, 5.41) is 5.16. The van der Waals surface area contributed by atoms with Crippen molar-refractivity contribution in [3.05, 3.63) is 59.4 Å². The Balaban J connectivity index is 1.97. The first-order chi connectivity index (χ1) is 11.4. The lowest BCUT2D eigenvalue weighted by atomic mass is 10.1. The summed E-state index contributed by atoms with van der Waals surface area (Å²) in [5.41, 5.74) is 0.501. The molecule has 2 N–H and O–H groups in total. The Kier molecular flexibility index (Phi) is 5.68. The second-order valence-electron chi connectivity index (χ2n) is 5.11. The van der Waals surface area contributed by atoms with Crippen LogP contribution in [0.5, 0.6) is 5.75 Å². The Morgan fingerprint density at radius 3 is 2.54 bits per heavy atom. The molecule has 0 fully saturated rings. The maximum atomic E-state index is 13.5. The van der Waals surface area contributed by atoms with E-state index in [-0.39, 0.29) is 18.3 Å². The van der Waals surface area contributed by atoms with E-state index in [4.69, 9.17) is 4.74 Å². The smallest absolute Gasteiger partial charge is 0.239 e. The quantitative estimate of drug-likeness (QED) is 0.794. The van der Waals surface area contributed by atoms with Gasteiger partial charge in [0.15, 0.2) is 17.5 Å². The van der Waals surface area contributed by atoms with Crippen molar-refractivity contribution < 1.29 is 22.7 Å². The Bertz CT molecular complexity index is 738. The third-order valence-electron chi connectivity index (χ3n) is 3.46. The van der Waals surface area contributed by atoms with E-state index in [1.54, 1.807) is 13.0 Å². The molecule has 0 saturated heterocycles. The van der Waals surface area contributed by atoms with Gasteiger partial charge in [0, 0.05) is 5.56 Å². The van der Waals surface area contributed by atoms with Gasteiger partial charge in [-0.1, -0.05) is 18.2 Å². The molecule has 2 aromatic rings. The van der Waals surface area contributed by atoms with Gasteiger partial charge in [-0.25, -0.2) is 13.2 Å². The van der Waals surface area contributed by atoms with Gasteiger partial charge in [0.2, 0.25) is 5.91 Å². The molecule has 4 nitrogen and oxygen atoms in total. The molecule has 2 rings (SSSR count). The summed E-state index contributed by atoms with van der Waals surface area (Å²) in [5.74, 6) is -4.03. The van der Waals surface area contributed by atoms with Gasteiger partial charge >= 0.3 is 0 Å². The van der Waals surface area contributed by atoms with Crippen LogP contribution in [0.3, 0.4) is 0 Å². The van der Waals surface area contributed by atoms with E-state index >= 15 is 0 Å². The largest absolute Gasteiger partial charge is 0.496 e. The van der Waals surface area contributed by atoms with Crippen LogP contribution in [-0.4, -0.2) is 19.6 Å². The molecule has 0 aliphatic rings. The predicted molar refractivity (Wildman–Crippen MR) is 84.4 cm³/mol. The first kappa shape index (κ1) is 17.7. The molecule has 24 heavy (non-hydrogen) atoms. The van der Waals surface area contributed by atoms with E-state index in [1.807, 2.05) is 18.2 Å². The number of amides is 1. The van der Waals surface area contributed by atoms with Crippen molar-refractivity contribution in [2.45, 2.75) is 13.0 Å². The highest BCUT2D eigenvalue weighted by Crippen LogP contribution is 2.24. The first-order valence-corrected chi connectivity index (χ1v) is 7.23. The molecule has 2 aromatic carbocycles. The van der Waals surface area contributed by atoms with Crippen molar-refractivity contribution in [3.63, 3.8) is 0 Å². The molecule has 0 heterocycles. The third-order valence-corrected chi connectivity index (χ3v) is 3.46. The zero-order valence-electron chi connectivity index (χ0n) is 13.2. The minimum atomic E-state index is -1.58. The van der Waals surface area contributed by atoms with E-state index in [9.17, 15) is 18.0 Å². The Hall–Kier alpha value is -2.70. The zero-order chi connectivity index (χ0) is 17.7. The number of halogens is 3. The number of methoxy groups -OCH3 is 1. The van der Waals surface area contributed by atoms with E-state index < -0.39 is 23.4 Å². The molecule has 0 radical (unpaired) electrons. The molecule has 1 unspecified atom stereocenters. The van der Waals surface area contributed by atoms with Crippen molar-refractivity contribution in [2.24, 2.45) is 0 Å². The zero-order valence-corrected chi connectivity index (χ0v) is 13.2. The number of hydrogen-bond donors (Lipinski definition) is 2. The van der Waals surface area contributed by atoms with Crippen LogP contribution < -0.4 is 15.4 Å². The van der Waals surface area contributed by atoms with Gasteiger partial charge in [-0.15, -0.1) is 0 Å². The van der Waals surface area contributed by atoms with Crippen LogP contribution in [0.15, 0.2) is 36.4 Å². The van der Waals surface area contributed by atoms with Gasteiger partial charge < -0.3 is 15.4 Å². The fraction of sp³-hybridized carbons (Fsp3) is 0.235. The molecule has 7 heteroatoms. The average molecular weight is 338 g/mol. The topological polar surface area (TPSA) is 50.4 Å². The summed E-state index contributed by atoms with van der Waals surface area (Å²) >= 11 is 0. The SMILES string of the molecule is COc1ccccc1C(C)NC(=O)CNc1ccc(F)c(F)c1F. The summed E-state index contributed by atoms with van der Waals surface area (Å²) in [4.78, 5) is 12.0. The maximum absolute atomic E-state index is 13.5. The summed E-state index contributed by atoms with van der Waals surface area (Å²) in [6, 6.07) is 8.69. The van der Waals surface area contributed by atoms with Crippen LogP contribution in [-0.2, 0) is 4.79 Å². The highest BCUT2D eigenvalue weighted by molar-refractivity contribution is 5.81. The van der Waals surface area contributed by atoms with Gasteiger partial charge in [-0.05, 0) is 25.1 Å². The number of rotatable bonds is 6.